The fraction of sp³-hybridized carbons (Fsp3) is 0.130. The van der Waals surface area contributed by atoms with Crippen LogP contribution in [0.2, 0.25) is 5.02 Å². The molecular weight excluding hydrogens is 386 g/mol. The lowest BCUT2D eigenvalue weighted by Crippen LogP contribution is -2.13. The summed E-state index contributed by atoms with van der Waals surface area (Å²) < 4.78 is 7.84. The van der Waals surface area contributed by atoms with Crippen LogP contribution >= 0.6 is 11.6 Å². The van der Waals surface area contributed by atoms with Gasteiger partial charge in [-0.25, -0.2) is 4.98 Å². The second kappa shape index (κ2) is 7.97. The molecule has 0 radical (unpaired) electrons. The number of pyridine rings is 1. The second-order valence-electron chi connectivity index (χ2n) is 6.89. The number of amides is 1. The number of ether oxygens (including phenoxy) is 1. The van der Waals surface area contributed by atoms with Crippen LogP contribution in [0.25, 0.3) is 5.65 Å². The molecule has 0 aliphatic rings. The summed E-state index contributed by atoms with van der Waals surface area (Å²) in [5.74, 6) is 0.387. The predicted molar refractivity (Wildman–Crippen MR) is 115 cm³/mol. The lowest BCUT2D eigenvalue weighted by Gasteiger charge is -2.10. The van der Waals surface area contributed by atoms with E-state index >= 15 is 0 Å². The highest BCUT2D eigenvalue weighted by Gasteiger charge is 2.10. The first-order valence-corrected chi connectivity index (χ1v) is 9.61. The number of nitrogens with zero attached hydrogens (tertiary/aromatic N) is 2. The molecule has 4 aromatic rings. The van der Waals surface area contributed by atoms with E-state index in [-0.39, 0.29) is 5.91 Å². The van der Waals surface area contributed by atoms with Crippen LogP contribution in [0.5, 0.6) is 5.75 Å². The van der Waals surface area contributed by atoms with Crippen molar-refractivity contribution in [1.29, 1.82) is 0 Å². The molecule has 4 rings (SSSR count). The molecule has 2 heterocycles. The highest BCUT2D eigenvalue weighted by molar-refractivity contribution is 6.31. The summed E-state index contributed by atoms with van der Waals surface area (Å²) >= 11 is 6.13. The minimum atomic E-state index is -0.218. The maximum absolute atomic E-state index is 12.6. The average molecular weight is 406 g/mol. The molecular formula is C23H20ClN3O2. The Balaban J connectivity index is 1.46. The number of carbonyl (C=O) groups is 1. The number of hydrogen-bond acceptors (Lipinski definition) is 3. The summed E-state index contributed by atoms with van der Waals surface area (Å²) in [6.07, 6.45) is 3.97. The number of halogens is 1. The van der Waals surface area contributed by atoms with Gasteiger partial charge in [-0.3, -0.25) is 4.79 Å². The molecule has 0 aliphatic heterocycles. The van der Waals surface area contributed by atoms with E-state index in [9.17, 15) is 4.79 Å². The van der Waals surface area contributed by atoms with E-state index in [4.69, 9.17) is 16.3 Å². The standard InChI is InChI=1S/C23H20ClN3O2/c1-15-9-10-22-25-18(13-27(22)12-15)14-29-19-6-3-5-17(11-19)23(28)26-21-8-4-7-20(24)16(21)2/h3-13H,14H2,1-2H3,(H,26,28). The number of aromatic nitrogens is 2. The van der Waals surface area contributed by atoms with Gasteiger partial charge >= 0.3 is 0 Å². The normalized spacial score (nSPS) is 10.9. The van der Waals surface area contributed by atoms with Gasteiger partial charge in [-0.05, 0) is 61.4 Å². The van der Waals surface area contributed by atoms with Crippen molar-refractivity contribution >= 4 is 28.8 Å². The van der Waals surface area contributed by atoms with E-state index in [1.165, 1.54) is 0 Å². The highest BCUT2D eigenvalue weighted by Crippen LogP contribution is 2.24. The fourth-order valence-electron chi connectivity index (χ4n) is 3.05. The lowest BCUT2D eigenvalue weighted by atomic mass is 10.1. The van der Waals surface area contributed by atoms with Gasteiger partial charge in [0, 0.05) is 28.7 Å². The van der Waals surface area contributed by atoms with Crippen LogP contribution in [-0.4, -0.2) is 15.3 Å². The van der Waals surface area contributed by atoms with Gasteiger partial charge in [0.1, 0.15) is 18.0 Å². The van der Waals surface area contributed by atoms with Crippen molar-refractivity contribution in [2.24, 2.45) is 0 Å². The molecule has 0 saturated heterocycles. The van der Waals surface area contributed by atoms with Crippen LogP contribution in [0.3, 0.4) is 0 Å². The number of nitrogens with one attached hydrogen (secondary N) is 1. The first-order chi connectivity index (χ1) is 14.0. The monoisotopic (exact) mass is 405 g/mol. The zero-order chi connectivity index (χ0) is 20.4. The fourth-order valence-corrected chi connectivity index (χ4v) is 3.22. The number of anilines is 1. The third kappa shape index (κ3) is 4.25. The molecule has 6 heteroatoms. The number of hydrogen-bond donors (Lipinski definition) is 1. The minimum absolute atomic E-state index is 0.218. The number of benzene rings is 2. The lowest BCUT2D eigenvalue weighted by molar-refractivity contribution is 0.102. The average Bonchev–Trinajstić information content (AvgIpc) is 3.12. The second-order valence-corrected chi connectivity index (χ2v) is 7.29. The predicted octanol–water partition coefficient (Wildman–Crippen LogP) is 5.44. The molecule has 2 aromatic heterocycles. The van der Waals surface area contributed by atoms with Crippen molar-refractivity contribution < 1.29 is 9.53 Å². The summed E-state index contributed by atoms with van der Waals surface area (Å²) in [7, 11) is 0. The number of carbonyl (C=O) groups excluding carboxylic acids is 1. The molecule has 5 nitrogen and oxygen atoms in total. The third-order valence-corrected chi connectivity index (χ3v) is 5.06. The molecule has 2 aromatic carbocycles. The van der Waals surface area contributed by atoms with Gasteiger partial charge in [-0.15, -0.1) is 0 Å². The zero-order valence-electron chi connectivity index (χ0n) is 16.1. The Bertz CT molecular complexity index is 1200. The number of imidazole rings is 1. The van der Waals surface area contributed by atoms with Gasteiger partial charge in [-0.2, -0.15) is 0 Å². The van der Waals surface area contributed by atoms with Crippen molar-refractivity contribution in [2.75, 3.05) is 5.32 Å². The van der Waals surface area contributed by atoms with Crippen LogP contribution in [0.1, 0.15) is 27.2 Å². The van der Waals surface area contributed by atoms with Crippen molar-refractivity contribution in [3.05, 3.63) is 94.4 Å². The van der Waals surface area contributed by atoms with Crippen LogP contribution in [0.15, 0.2) is 67.0 Å². The summed E-state index contributed by atoms with van der Waals surface area (Å²) in [6, 6.07) is 16.5. The molecule has 0 fully saturated rings. The maximum atomic E-state index is 12.6. The SMILES string of the molecule is Cc1ccc2nc(COc3cccc(C(=O)Nc4cccc(Cl)c4C)c3)cn2c1. The van der Waals surface area contributed by atoms with Gasteiger partial charge in [0.2, 0.25) is 0 Å². The number of rotatable bonds is 5. The Labute approximate surface area is 173 Å². The van der Waals surface area contributed by atoms with Crippen molar-refractivity contribution in [3.8, 4) is 5.75 Å². The molecule has 0 unspecified atom stereocenters. The van der Waals surface area contributed by atoms with E-state index in [1.54, 1.807) is 30.3 Å². The Morgan fingerprint density at radius 1 is 1.10 bits per heavy atom. The first-order valence-electron chi connectivity index (χ1n) is 9.23. The van der Waals surface area contributed by atoms with E-state index in [2.05, 4.69) is 10.3 Å². The van der Waals surface area contributed by atoms with Crippen LogP contribution in [0.4, 0.5) is 5.69 Å². The number of fused-ring (bicyclic) bond motifs is 1. The summed E-state index contributed by atoms with van der Waals surface area (Å²) in [6.45, 7) is 4.23. The van der Waals surface area contributed by atoms with Gasteiger partial charge in [-0.1, -0.05) is 29.8 Å². The summed E-state index contributed by atoms with van der Waals surface area (Å²) in [5, 5.41) is 3.51. The van der Waals surface area contributed by atoms with Crippen molar-refractivity contribution in [1.82, 2.24) is 9.38 Å². The van der Waals surface area contributed by atoms with Gasteiger partial charge < -0.3 is 14.5 Å². The van der Waals surface area contributed by atoms with Gasteiger partial charge in [0.25, 0.3) is 5.91 Å². The Morgan fingerprint density at radius 2 is 1.93 bits per heavy atom. The third-order valence-electron chi connectivity index (χ3n) is 4.65. The Hall–Kier alpha value is -3.31. The van der Waals surface area contributed by atoms with E-state index in [0.717, 1.165) is 22.5 Å². The molecule has 0 spiro atoms. The van der Waals surface area contributed by atoms with Gasteiger partial charge in [0.05, 0.1) is 5.69 Å². The Kier molecular flexibility index (Phi) is 5.23. The summed E-state index contributed by atoms with van der Waals surface area (Å²) in [5.41, 5.74) is 4.88. The molecule has 29 heavy (non-hydrogen) atoms. The molecule has 1 N–H and O–H groups in total. The molecule has 0 aliphatic carbocycles. The van der Waals surface area contributed by atoms with E-state index in [0.29, 0.717) is 28.6 Å². The number of aryl methyl sites for hydroxylation is 1. The maximum Gasteiger partial charge on any atom is 0.255 e. The minimum Gasteiger partial charge on any atom is -0.487 e. The molecule has 146 valence electrons. The van der Waals surface area contributed by atoms with Crippen molar-refractivity contribution in [3.63, 3.8) is 0 Å². The summed E-state index contributed by atoms with van der Waals surface area (Å²) in [4.78, 5) is 17.2. The van der Waals surface area contributed by atoms with E-state index < -0.39 is 0 Å². The molecule has 0 atom stereocenters. The molecule has 0 saturated carbocycles. The van der Waals surface area contributed by atoms with E-state index in [1.807, 2.05) is 54.9 Å². The zero-order valence-corrected chi connectivity index (χ0v) is 16.9. The quantitative estimate of drug-likeness (QED) is 0.481. The van der Waals surface area contributed by atoms with Crippen LogP contribution in [0, 0.1) is 13.8 Å². The first kappa shape index (κ1) is 19.0. The highest BCUT2D eigenvalue weighted by atomic mass is 35.5. The van der Waals surface area contributed by atoms with Gasteiger partial charge in [0.15, 0.2) is 0 Å². The largest absolute Gasteiger partial charge is 0.487 e. The topological polar surface area (TPSA) is 55.6 Å². The van der Waals surface area contributed by atoms with Crippen LogP contribution < -0.4 is 10.1 Å². The Morgan fingerprint density at radius 3 is 2.79 bits per heavy atom. The molecule has 0 bridgehead atoms. The van der Waals surface area contributed by atoms with Crippen LogP contribution in [-0.2, 0) is 6.61 Å². The van der Waals surface area contributed by atoms with Crippen molar-refractivity contribution in [2.45, 2.75) is 20.5 Å². The smallest absolute Gasteiger partial charge is 0.255 e. The molecule has 1 amide bonds.